The van der Waals surface area contributed by atoms with E-state index in [0.717, 1.165) is 17.0 Å². The fourth-order valence-corrected chi connectivity index (χ4v) is 4.20. The van der Waals surface area contributed by atoms with Gasteiger partial charge in [-0.25, -0.2) is 4.98 Å². The van der Waals surface area contributed by atoms with Crippen molar-refractivity contribution in [2.45, 2.75) is 13.8 Å². The van der Waals surface area contributed by atoms with Gasteiger partial charge in [0.2, 0.25) is 0 Å². The summed E-state index contributed by atoms with van der Waals surface area (Å²) in [5.74, 6) is 0.165. The average Bonchev–Trinajstić information content (AvgIpc) is 3.14. The molecule has 10 nitrogen and oxygen atoms in total. The van der Waals surface area contributed by atoms with Gasteiger partial charge in [-0.2, -0.15) is 5.10 Å². The van der Waals surface area contributed by atoms with Crippen LogP contribution in [0.5, 0.6) is 11.5 Å². The number of pyridine rings is 2. The minimum Gasteiger partial charge on any atom is -0.455 e. The lowest BCUT2D eigenvalue weighted by atomic mass is 10.0. The third-order valence-corrected chi connectivity index (χ3v) is 5.96. The zero-order chi connectivity index (χ0) is 26.1. The number of hydrogen-bond acceptors (Lipinski definition) is 7. The average molecular weight is 495 g/mol. The Bertz CT molecular complexity index is 1660. The van der Waals surface area contributed by atoms with Gasteiger partial charge in [-0.15, -0.1) is 0 Å². The Kier molecular flexibility index (Phi) is 6.06. The van der Waals surface area contributed by atoms with Crippen LogP contribution in [0.25, 0.3) is 22.2 Å². The first-order valence-corrected chi connectivity index (χ1v) is 11.4. The lowest BCUT2D eigenvalue weighted by Gasteiger charge is -2.12. The second-order valence-corrected chi connectivity index (χ2v) is 8.46. The van der Waals surface area contributed by atoms with Crippen LogP contribution in [0, 0.1) is 24.0 Å². The highest BCUT2D eigenvalue weighted by atomic mass is 16.6. The smallest absolute Gasteiger partial charge is 0.275 e. The Morgan fingerprint density at radius 1 is 1.05 bits per heavy atom. The topological polar surface area (TPSA) is 125 Å². The van der Waals surface area contributed by atoms with Crippen LogP contribution >= 0.6 is 0 Å². The van der Waals surface area contributed by atoms with Gasteiger partial charge >= 0.3 is 0 Å². The van der Waals surface area contributed by atoms with Gasteiger partial charge in [0.25, 0.3) is 11.6 Å². The number of nitrogens with zero attached hydrogens (tertiary/aromatic N) is 5. The summed E-state index contributed by atoms with van der Waals surface area (Å²) in [6.07, 6.45) is 3.08. The van der Waals surface area contributed by atoms with Gasteiger partial charge in [0, 0.05) is 42.0 Å². The number of non-ortho nitro benzene ring substituents is 1. The van der Waals surface area contributed by atoms with E-state index in [2.05, 4.69) is 15.4 Å². The van der Waals surface area contributed by atoms with Crippen molar-refractivity contribution in [3.63, 3.8) is 0 Å². The Hall–Kier alpha value is -5.12. The summed E-state index contributed by atoms with van der Waals surface area (Å²) < 4.78 is 7.51. The van der Waals surface area contributed by atoms with Crippen molar-refractivity contribution in [2.75, 3.05) is 5.32 Å². The van der Waals surface area contributed by atoms with Crippen molar-refractivity contribution in [2.24, 2.45) is 7.05 Å². The molecular formula is C27H22N6O4. The molecule has 0 aliphatic heterocycles. The lowest BCUT2D eigenvalue weighted by Crippen LogP contribution is -2.13. The molecule has 184 valence electrons. The second-order valence-electron chi connectivity index (χ2n) is 8.46. The summed E-state index contributed by atoms with van der Waals surface area (Å²) in [5, 5.41) is 19.5. The number of ether oxygens (including phenoxy) is 1. The first-order chi connectivity index (χ1) is 17.8. The van der Waals surface area contributed by atoms with Crippen molar-refractivity contribution < 1.29 is 14.5 Å². The van der Waals surface area contributed by atoms with Crippen molar-refractivity contribution in [1.82, 2.24) is 19.7 Å². The molecule has 0 spiro atoms. The number of benzene rings is 2. The van der Waals surface area contributed by atoms with Crippen molar-refractivity contribution in [3.05, 3.63) is 100 Å². The van der Waals surface area contributed by atoms with Crippen LogP contribution in [0.3, 0.4) is 0 Å². The molecule has 5 aromatic rings. The third kappa shape index (κ3) is 4.72. The standard InChI is InChI=1S/C27H22N6O4/c1-16-26(17(2)32(3)31-16)25-14-23(22-8-4-5-9-24(22)30-25)27(34)29-18-11-19(33(35)36)13-21(12-18)37-20-7-6-10-28-15-20/h4-15H,1-3H3,(H,29,34). The van der Waals surface area contributed by atoms with E-state index < -0.39 is 10.8 Å². The molecule has 1 N–H and O–H groups in total. The number of aromatic nitrogens is 4. The fourth-order valence-electron chi connectivity index (χ4n) is 4.20. The number of rotatable bonds is 6. The Morgan fingerprint density at radius 2 is 1.86 bits per heavy atom. The number of aryl methyl sites for hydroxylation is 2. The maximum atomic E-state index is 13.6. The highest BCUT2D eigenvalue weighted by Crippen LogP contribution is 2.32. The van der Waals surface area contributed by atoms with Gasteiger partial charge < -0.3 is 10.1 Å². The zero-order valence-corrected chi connectivity index (χ0v) is 20.3. The molecule has 0 radical (unpaired) electrons. The predicted molar refractivity (Wildman–Crippen MR) is 139 cm³/mol. The van der Waals surface area contributed by atoms with Crippen LogP contribution in [0.2, 0.25) is 0 Å². The largest absolute Gasteiger partial charge is 0.455 e. The van der Waals surface area contributed by atoms with Crippen LogP contribution < -0.4 is 10.1 Å². The number of fused-ring (bicyclic) bond motifs is 1. The quantitative estimate of drug-likeness (QED) is 0.241. The summed E-state index contributed by atoms with van der Waals surface area (Å²) in [4.78, 5) is 33.3. The third-order valence-electron chi connectivity index (χ3n) is 5.96. The monoisotopic (exact) mass is 494 g/mol. The molecule has 2 aromatic carbocycles. The predicted octanol–water partition coefficient (Wildman–Crippen LogP) is 5.60. The maximum absolute atomic E-state index is 13.6. The lowest BCUT2D eigenvalue weighted by molar-refractivity contribution is -0.384. The first kappa shape index (κ1) is 23.6. The molecular weight excluding hydrogens is 472 g/mol. The van der Waals surface area contributed by atoms with E-state index in [0.29, 0.717) is 27.9 Å². The first-order valence-electron chi connectivity index (χ1n) is 11.4. The number of anilines is 1. The summed E-state index contributed by atoms with van der Waals surface area (Å²) in [6.45, 7) is 3.84. The molecule has 0 aliphatic carbocycles. The summed E-state index contributed by atoms with van der Waals surface area (Å²) in [6, 6.07) is 16.5. The SMILES string of the molecule is Cc1nn(C)c(C)c1-c1cc(C(=O)Nc2cc(Oc3cccnc3)cc([N+](=O)[O-])c2)c2ccccc2n1. The van der Waals surface area contributed by atoms with Crippen LogP contribution in [-0.2, 0) is 7.05 Å². The molecule has 5 rings (SSSR count). The summed E-state index contributed by atoms with van der Waals surface area (Å²) in [5.41, 5.74) is 4.20. The minimum absolute atomic E-state index is 0.194. The fraction of sp³-hybridized carbons (Fsp3) is 0.111. The van der Waals surface area contributed by atoms with Crippen LogP contribution in [0.1, 0.15) is 21.7 Å². The molecule has 37 heavy (non-hydrogen) atoms. The molecule has 1 amide bonds. The zero-order valence-electron chi connectivity index (χ0n) is 20.3. The van der Waals surface area contributed by atoms with Crippen molar-refractivity contribution in [3.8, 4) is 22.8 Å². The van der Waals surface area contributed by atoms with E-state index in [9.17, 15) is 14.9 Å². The molecule has 3 aromatic heterocycles. The number of carbonyl (C=O) groups is 1. The number of carbonyl (C=O) groups excluding carboxylic acids is 1. The number of amides is 1. The molecule has 0 aliphatic rings. The Balaban J connectivity index is 1.56. The molecule has 10 heteroatoms. The van der Waals surface area contributed by atoms with Crippen molar-refractivity contribution >= 4 is 28.2 Å². The molecule has 0 saturated heterocycles. The van der Waals surface area contributed by atoms with Gasteiger partial charge in [0.05, 0.1) is 45.3 Å². The number of para-hydroxylation sites is 1. The van der Waals surface area contributed by atoms with Gasteiger partial charge in [-0.05, 0) is 38.1 Å². The number of nitro groups is 1. The van der Waals surface area contributed by atoms with E-state index in [1.165, 1.54) is 24.4 Å². The van der Waals surface area contributed by atoms with Crippen LogP contribution in [0.15, 0.2) is 73.1 Å². The number of nitrogens with one attached hydrogen (secondary N) is 1. The van der Waals surface area contributed by atoms with Crippen LogP contribution in [0.4, 0.5) is 11.4 Å². The maximum Gasteiger partial charge on any atom is 0.275 e. The van der Waals surface area contributed by atoms with E-state index in [-0.39, 0.29) is 17.1 Å². The van der Waals surface area contributed by atoms with Crippen molar-refractivity contribution in [1.29, 1.82) is 0 Å². The van der Waals surface area contributed by atoms with E-state index in [4.69, 9.17) is 9.72 Å². The van der Waals surface area contributed by atoms with E-state index in [1.807, 2.05) is 45.2 Å². The second kappa shape index (κ2) is 9.50. The van der Waals surface area contributed by atoms with Gasteiger partial charge in [-0.1, -0.05) is 18.2 Å². The highest BCUT2D eigenvalue weighted by molar-refractivity contribution is 6.13. The molecule has 0 atom stereocenters. The van der Waals surface area contributed by atoms with Gasteiger partial charge in [-0.3, -0.25) is 24.6 Å². The number of hydrogen-bond donors (Lipinski definition) is 1. The van der Waals surface area contributed by atoms with Gasteiger partial charge in [0.15, 0.2) is 0 Å². The number of nitro benzene ring substituents is 1. The molecule has 0 unspecified atom stereocenters. The van der Waals surface area contributed by atoms with E-state index >= 15 is 0 Å². The van der Waals surface area contributed by atoms with E-state index in [1.54, 1.807) is 29.1 Å². The summed E-state index contributed by atoms with van der Waals surface area (Å²) in [7, 11) is 1.86. The Morgan fingerprint density at radius 3 is 2.57 bits per heavy atom. The molecule has 0 saturated carbocycles. The normalized spacial score (nSPS) is 10.9. The van der Waals surface area contributed by atoms with Crippen LogP contribution in [-0.4, -0.2) is 30.6 Å². The molecule has 3 heterocycles. The Labute approximate surface area is 211 Å². The molecule has 0 fully saturated rings. The van der Waals surface area contributed by atoms with Gasteiger partial charge in [0.1, 0.15) is 11.5 Å². The minimum atomic E-state index is -0.542. The molecule has 0 bridgehead atoms. The highest BCUT2D eigenvalue weighted by Gasteiger charge is 2.20. The summed E-state index contributed by atoms with van der Waals surface area (Å²) >= 11 is 0.